The number of aryl methyl sites for hydroxylation is 1. The standard InChI is InChI=1S/C28H28F6N4O.ClH/c29-27(30,31)20-11-18(12-21(14-20)28(32,33)34)5-6-25-24(13-19-15-36-23-4-2-1-3-22(19)23)37-26(39)38(25)16-17-7-9-35-10-8-17;/h1-4,11-12,14-15,17,25,35-36H,5-10,13,16H2;1H. The molecular weight excluding hydrogens is 558 g/mol. The first-order valence-corrected chi connectivity index (χ1v) is 12.9. The van der Waals surface area contributed by atoms with Crippen LogP contribution in [0.4, 0.5) is 31.1 Å². The van der Waals surface area contributed by atoms with Crippen molar-refractivity contribution in [2.75, 3.05) is 19.6 Å². The van der Waals surface area contributed by atoms with Crippen molar-refractivity contribution in [2.24, 2.45) is 10.9 Å². The van der Waals surface area contributed by atoms with Crippen molar-refractivity contribution >= 4 is 35.1 Å². The van der Waals surface area contributed by atoms with Gasteiger partial charge in [0.2, 0.25) is 0 Å². The van der Waals surface area contributed by atoms with E-state index in [1.807, 2.05) is 30.5 Å². The monoisotopic (exact) mass is 586 g/mol. The van der Waals surface area contributed by atoms with E-state index in [0.29, 0.717) is 18.7 Å². The van der Waals surface area contributed by atoms with Crippen LogP contribution >= 0.6 is 12.4 Å². The van der Waals surface area contributed by atoms with Crippen molar-refractivity contribution in [2.45, 2.75) is 50.5 Å². The van der Waals surface area contributed by atoms with Crippen LogP contribution in [0, 0.1) is 5.92 Å². The molecule has 0 saturated carbocycles. The van der Waals surface area contributed by atoms with E-state index in [-0.39, 0.29) is 42.8 Å². The predicted octanol–water partition coefficient (Wildman–Crippen LogP) is 7.05. The maximum absolute atomic E-state index is 13.4. The third-order valence-electron chi connectivity index (χ3n) is 7.56. The van der Waals surface area contributed by atoms with Gasteiger partial charge in [0.1, 0.15) is 0 Å². The minimum atomic E-state index is -4.91. The zero-order chi connectivity index (χ0) is 27.8. The van der Waals surface area contributed by atoms with Crippen LogP contribution in [-0.4, -0.2) is 47.3 Å². The van der Waals surface area contributed by atoms with E-state index < -0.39 is 35.6 Å². The van der Waals surface area contributed by atoms with E-state index in [4.69, 9.17) is 0 Å². The summed E-state index contributed by atoms with van der Waals surface area (Å²) in [5, 5.41) is 4.25. The number of carbonyl (C=O) groups is 1. The van der Waals surface area contributed by atoms with Crippen molar-refractivity contribution in [3.8, 4) is 0 Å². The molecule has 1 fully saturated rings. The van der Waals surface area contributed by atoms with Gasteiger partial charge in [0.15, 0.2) is 0 Å². The number of halogens is 7. The number of para-hydroxylation sites is 1. The summed E-state index contributed by atoms with van der Waals surface area (Å²) in [6.07, 6.45) is -5.80. The summed E-state index contributed by atoms with van der Waals surface area (Å²) in [5.41, 5.74) is -0.344. The van der Waals surface area contributed by atoms with E-state index in [1.54, 1.807) is 4.90 Å². The van der Waals surface area contributed by atoms with Crippen LogP contribution in [0.25, 0.3) is 10.9 Å². The molecular formula is C28H29ClF6N4O. The molecule has 1 saturated heterocycles. The van der Waals surface area contributed by atoms with E-state index in [2.05, 4.69) is 15.3 Å². The molecule has 2 amide bonds. The van der Waals surface area contributed by atoms with Gasteiger partial charge >= 0.3 is 18.4 Å². The van der Waals surface area contributed by atoms with Gasteiger partial charge in [-0.2, -0.15) is 26.3 Å². The van der Waals surface area contributed by atoms with E-state index >= 15 is 0 Å². The third-order valence-corrected chi connectivity index (χ3v) is 7.56. The molecule has 12 heteroatoms. The predicted molar refractivity (Wildman–Crippen MR) is 143 cm³/mol. The quantitative estimate of drug-likeness (QED) is 0.292. The second-order valence-corrected chi connectivity index (χ2v) is 10.2. The summed E-state index contributed by atoms with van der Waals surface area (Å²) >= 11 is 0. The number of hydrogen-bond donors (Lipinski definition) is 2. The third kappa shape index (κ3) is 6.63. The molecule has 40 heavy (non-hydrogen) atoms. The molecule has 5 nitrogen and oxygen atoms in total. The van der Waals surface area contributed by atoms with Crippen LogP contribution < -0.4 is 5.32 Å². The average Bonchev–Trinajstić information content (AvgIpc) is 3.42. The molecule has 0 spiro atoms. The van der Waals surface area contributed by atoms with Crippen LogP contribution in [0.3, 0.4) is 0 Å². The molecule has 2 aliphatic rings. The summed E-state index contributed by atoms with van der Waals surface area (Å²) in [6.45, 7) is 2.10. The minimum absolute atomic E-state index is 0. The lowest BCUT2D eigenvalue weighted by Gasteiger charge is -2.31. The van der Waals surface area contributed by atoms with E-state index in [9.17, 15) is 31.1 Å². The van der Waals surface area contributed by atoms with Gasteiger partial charge in [-0.25, -0.2) is 9.79 Å². The van der Waals surface area contributed by atoms with Gasteiger partial charge < -0.3 is 15.2 Å². The average molecular weight is 587 g/mol. The number of H-pyrrole nitrogens is 1. The van der Waals surface area contributed by atoms with Gasteiger partial charge in [0, 0.05) is 30.1 Å². The molecule has 2 aliphatic heterocycles. The summed E-state index contributed by atoms with van der Waals surface area (Å²) < 4.78 is 80.4. The smallest absolute Gasteiger partial charge is 0.361 e. The maximum Gasteiger partial charge on any atom is 0.416 e. The lowest BCUT2D eigenvalue weighted by molar-refractivity contribution is -0.143. The topological polar surface area (TPSA) is 60.5 Å². The van der Waals surface area contributed by atoms with Gasteiger partial charge in [0.25, 0.3) is 0 Å². The number of amides is 2. The number of nitrogens with zero attached hydrogens (tertiary/aromatic N) is 2. The number of nitrogens with one attached hydrogen (secondary N) is 2. The molecule has 2 N–H and O–H groups in total. The second-order valence-electron chi connectivity index (χ2n) is 10.2. The normalized spacial score (nSPS) is 18.8. The molecule has 0 aliphatic carbocycles. The van der Waals surface area contributed by atoms with Crippen LogP contribution in [0.5, 0.6) is 0 Å². The van der Waals surface area contributed by atoms with Gasteiger partial charge in [-0.3, -0.25) is 0 Å². The van der Waals surface area contributed by atoms with Crippen molar-refractivity contribution in [1.29, 1.82) is 0 Å². The fraction of sp³-hybridized carbons (Fsp3) is 0.429. The number of aliphatic imine (C=N–C) groups is 1. The van der Waals surface area contributed by atoms with Crippen molar-refractivity contribution in [3.63, 3.8) is 0 Å². The largest absolute Gasteiger partial charge is 0.416 e. The highest BCUT2D eigenvalue weighted by atomic mass is 35.5. The summed E-state index contributed by atoms with van der Waals surface area (Å²) in [5.74, 6) is 0.241. The summed E-state index contributed by atoms with van der Waals surface area (Å²) in [7, 11) is 0. The minimum Gasteiger partial charge on any atom is -0.361 e. The molecule has 216 valence electrons. The molecule has 0 bridgehead atoms. The number of benzene rings is 2. The van der Waals surface area contributed by atoms with Crippen LogP contribution in [-0.2, 0) is 25.2 Å². The van der Waals surface area contributed by atoms with Crippen molar-refractivity contribution < 1.29 is 31.1 Å². The van der Waals surface area contributed by atoms with Gasteiger partial charge in [-0.1, -0.05) is 18.2 Å². The number of carbonyl (C=O) groups excluding carboxylic acids is 1. The van der Waals surface area contributed by atoms with E-state index in [0.717, 1.165) is 54.5 Å². The first-order chi connectivity index (χ1) is 18.5. The molecule has 2 aromatic carbocycles. The molecule has 3 heterocycles. The zero-order valence-corrected chi connectivity index (χ0v) is 22.2. The number of piperidine rings is 1. The fourth-order valence-electron chi connectivity index (χ4n) is 5.54. The van der Waals surface area contributed by atoms with Crippen molar-refractivity contribution in [1.82, 2.24) is 15.2 Å². The highest BCUT2D eigenvalue weighted by Gasteiger charge is 2.38. The number of aromatic nitrogens is 1. The van der Waals surface area contributed by atoms with Gasteiger partial charge in [0.05, 0.1) is 22.9 Å². The number of urea groups is 1. The lowest BCUT2D eigenvalue weighted by atomic mass is 9.93. The lowest BCUT2D eigenvalue weighted by Crippen LogP contribution is -2.43. The molecule has 3 aromatic rings. The Morgan fingerprint density at radius 1 is 0.950 bits per heavy atom. The SMILES string of the molecule is Cl.O=C1N=C(Cc2c[nH]c3ccccc23)C(CCc2cc(C(F)(F)F)cc(C(F)(F)F)c2)N1CC1CCNCC1. The Labute approximate surface area is 233 Å². The summed E-state index contributed by atoms with van der Waals surface area (Å²) in [6, 6.07) is 8.39. The molecule has 5 rings (SSSR count). The van der Waals surface area contributed by atoms with Crippen LogP contribution in [0.2, 0.25) is 0 Å². The number of alkyl halides is 6. The summed E-state index contributed by atoms with van der Waals surface area (Å²) in [4.78, 5) is 22.2. The highest BCUT2D eigenvalue weighted by Crippen LogP contribution is 2.37. The fourth-order valence-corrected chi connectivity index (χ4v) is 5.54. The zero-order valence-electron chi connectivity index (χ0n) is 21.4. The van der Waals surface area contributed by atoms with E-state index in [1.165, 1.54) is 0 Å². The van der Waals surface area contributed by atoms with Gasteiger partial charge in [-0.05, 0) is 80.1 Å². The van der Waals surface area contributed by atoms with Crippen LogP contribution in [0.15, 0.2) is 53.7 Å². The Bertz CT molecular complexity index is 1340. The number of hydrogen-bond acceptors (Lipinski definition) is 2. The Hall–Kier alpha value is -3.05. The number of aromatic amines is 1. The Morgan fingerprint density at radius 2 is 1.60 bits per heavy atom. The van der Waals surface area contributed by atoms with Crippen LogP contribution in [0.1, 0.15) is 41.5 Å². The molecule has 1 aromatic heterocycles. The second kappa shape index (κ2) is 11.8. The molecule has 0 radical (unpaired) electrons. The van der Waals surface area contributed by atoms with Crippen molar-refractivity contribution in [3.05, 3.63) is 70.9 Å². The Balaban J connectivity index is 0.00000370. The number of fused-ring (bicyclic) bond motifs is 1. The number of rotatable bonds is 7. The molecule has 1 atom stereocenters. The Kier molecular flexibility index (Phi) is 8.84. The first-order valence-electron chi connectivity index (χ1n) is 12.9. The maximum atomic E-state index is 13.4. The first kappa shape index (κ1) is 29.9. The molecule has 1 unspecified atom stereocenters. The van der Waals surface area contributed by atoms with Gasteiger partial charge in [-0.15, -0.1) is 12.4 Å². The Morgan fingerprint density at radius 3 is 2.25 bits per heavy atom. The highest BCUT2D eigenvalue weighted by molar-refractivity contribution is 6.06.